The van der Waals surface area contributed by atoms with Gasteiger partial charge in [-0.1, -0.05) is 123 Å². The fourth-order valence-corrected chi connectivity index (χ4v) is 13.9. The molecule has 0 radical (unpaired) electrons. The first-order chi connectivity index (χ1) is 46.3. The molecule has 97 heavy (non-hydrogen) atoms. The van der Waals surface area contributed by atoms with E-state index in [0.717, 1.165) is 86.9 Å². The predicted octanol–water partition coefficient (Wildman–Crippen LogP) is 17.8. The van der Waals surface area contributed by atoms with Gasteiger partial charge in [-0.2, -0.15) is 0 Å². The fourth-order valence-electron chi connectivity index (χ4n) is 13.9. The van der Waals surface area contributed by atoms with Gasteiger partial charge in [0.15, 0.2) is 23.1 Å². The van der Waals surface area contributed by atoms with E-state index < -0.39 is 23.7 Å². The minimum Gasteiger partial charge on any atom is -0.486 e. The summed E-state index contributed by atoms with van der Waals surface area (Å²) in [6.45, 7) is 38.8. The molecule has 0 aliphatic heterocycles. The summed E-state index contributed by atoms with van der Waals surface area (Å²) >= 11 is 0. The average molecular weight is 1350 g/mol. The minimum absolute atomic E-state index is 0.00757. The molecule has 4 aliphatic carbocycles. The SMILES string of the molecule is C=C(C)C(=O)OCCC1(CCOC(=O)C(=C)C)CCC(C2CCC(CCC)CC2)CC1.C=C(C)C(=O)OCCOc1ccc(-c2ccc(OC(=O)C(=C)C)c(F)c2)cc1OCCOC(=O)C(=C)C.C=CC(=O)OCCC1(CCOC(=O)C=C)CCC(C2CCC(CCC)CC2)CC1. The van der Waals surface area contributed by atoms with Gasteiger partial charge in [0.2, 0.25) is 0 Å². The molecule has 0 unspecified atom stereocenters. The number of ether oxygens (including phenoxy) is 9. The Balaban J connectivity index is 0.000000312. The Morgan fingerprint density at radius 1 is 0.412 bits per heavy atom. The van der Waals surface area contributed by atoms with Crippen molar-refractivity contribution in [2.24, 2.45) is 46.3 Å². The molecule has 0 N–H and O–H groups in total. The van der Waals surface area contributed by atoms with Crippen molar-refractivity contribution in [1.82, 2.24) is 0 Å². The molecule has 0 spiro atoms. The van der Waals surface area contributed by atoms with Crippen molar-refractivity contribution in [3.05, 3.63) is 128 Å². The van der Waals surface area contributed by atoms with Crippen molar-refractivity contribution >= 4 is 41.8 Å². The Morgan fingerprint density at radius 2 is 0.732 bits per heavy atom. The molecule has 4 aliphatic rings. The number of hydrogen-bond donors (Lipinski definition) is 0. The van der Waals surface area contributed by atoms with Crippen molar-refractivity contribution in [3.8, 4) is 28.4 Å². The largest absolute Gasteiger partial charge is 0.486 e. The average Bonchev–Trinajstić information content (AvgIpc) is 0.841. The maximum atomic E-state index is 14.6. The second kappa shape index (κ2) is 43.0. The quantitative estimate of drug-likeness (QED) is 0.0207. The number of benzene rings is 2. The molecular weight excluding hydrogens is 1240 g/mol. The Bertz CT molecular complexity index is 2910. The normalized spacial score (nSPS) is 18.8. The monoisotopic (exact) mass is 1350 g/mol. The van der Waals surface area contributed by atoms with E-state index in [9.17, 15) is 38.0 Å². The van der Waals surface area contributed by atoms with E-state index in [1.165, 1.54) is 148 Å². The van der Waals surface area contributed by atoms with Crippen molar-refractivity contribution in [2.75, 3.05) is 52.9 Å². The maximum absolute atomic E-state index is 14.6. The Hall–Kier alpha value is -7.56. The topological polar surface area (TPSA) is 203 Å². The van der Waals surface area contributed by atoms with Crippen LogP contribution in [0.2, 0.25) is 0 Å². The third-order valence-corrected chi connectivity index (χ3v) is 19.8. The summed E-state index contributed by atoms with van der Waals surface area (Å²) in [5.74, 6) is 1.81. The summed E-state index contributed by atoms with van der Waals surface area (Å²) < 4.78 is 62.4. The fraction of sp³-hybridized carbons (Fsp3) is 0.588. The molecule has 0 heterocycles. The molecule has 2 aromatic rings. The third kappa shape index (κ3) is 29.2. The van der Waals surface area contributed by atoms with Crippen molar-refractivity contribution in [2.45, 2.75) is 203 Å². The highest BCUT2D eigenvalue weighted by atomic mass is 19.1. The number of rotatable bonds is 35. The molecule has 6 rings (SSSR count). The lowest BCUT2D eigenvalue weighted by Gasteiger charge is -2.44. The molecule has 2 aromatic carbocycles. The molecule has 0 saturated heterocycles. The summed E-state index contributed by atoms with van der Waals surface area (Å²) in [6, 6.07) is 9.03. The molecule has 0 aromatic heterocycles. The Kier molecular flexibility index (Phi) is 36.3. The molecule has 4 saturated carbocycles. The van der Waals surface area contributed by atoms with Gasteiger partial charge in [-0.3, -0.25) is 0 Å². The van der Waals surface area contributed by atoms with Crippen LogP contribution in [0, 0.1) is 52.2 Å². The van der Waals surface area contributed by atoms with E-state index in [1.54, 1.807) is 38.1 Å². The number of hydrogen-bond acceptors (Lipinski definition) is 16. The van der Waals surface area contributed by atoms with Gasteiger partial charge >= 0.3 is 41.8 Å². The van der Waals surface area contributed by atoms with Crippen molar-refractivity contribution in [3.63, 3.8) is 0 Å². The predicted molar refractivity (Wildman–Crippen MR) is 377 cm³/mol. The number of esters is 7. The minimum atomic E-state index is -0.735. The van der Waals surface area contributed by atoms with E-state index in [4.69, 9.17) is 42.6 Å². The summed E-state index contributed by atoms with van der Waals surface area (Å²) in [6.07, 6.45) is 31.9. The lowest BCUT2D eigenvalue weighted by atomic mass is 9.62. The van der Waals surface area contributed by atoms with E-state index in [0.29, 0.717) is 54.5 Å². The second-order valence-corrected chi connectivity index (χ2v) is 27.4. The van der Waals surface area contributed by atoms with Crippen molar-refractivity contribution < 1.29 is 80.6 Å². The summed E-state index contributed by atoms with van der Waals surface area (Å²) in [5.41, 5.74) is 2.78. The first-order valence-corrected chi connectivity index (χ1v) is 35.2. The van der Waals surface area contributed by atoms with Crippen LogP contribution in [0.25, 0.3) is 11.1 Å². The Morgan fingerprint density at radius 3 is 1.07 bits per heavy atom. The van der Waals surface area contributed by atoms with Gasteiger partial charge in [0.05, 0.1) is 26.4 Å². The van der Waals surface area contributed by atoms with Crippen LogP contribution in [-0.2, 0) is 62.0 Å². The van der Waals surface area contributed by atoms with Gasteiger partial charge in [0.1, 0.15) is 26.4 Å². The standard InChI is InChI=1S/C28H29FO8.C27H44O4.C25H40O4/c1-17(2)26(30)35-13-11-33-24-10-8-21(16-25(24)34-12-14-36-27(31)18(3)4)20-7-9-23(22(29)15-20)37-28(32)19(5)6;1-6-7-22-8-10-23(11-9-22)24-12-14-27(15-13-24,16-18-30-25(28)20(2)3)17-19-31-26(29)21(4)5;1-4-7-20-8-10-21(11-9-20)22-12-14-25(15-13-22,16-18-28-23(26)5-2)17-19-29-24(27)6-3/h7-10,15-16H,1,3,5,11-14H2,2,4,6H3;22-24H,2,4,6-19H2,1,3,5H3;5-6,20-22H,2-4,7-19H2,1H3. The second-order valence-electron chi connectivity index (χ2n) is 27.4. The van der Waals surface area contributed by atoms with Crippen LogP contribution in [0.5, 0.6) is 17.2 Å². The van der Waals surface area contributed by atoms with Crippen LogP contribution in [0.4, 0.5) is 4.39 Å². The van der Waals surface area contributed by atoms with Gasteiger partial charge in [-0.25, -0.2) is 38.0 Å². The summed E-state index contributed by atoms with van der Waals surface area (Å²) in [5, 5.41) is 0. The van der Waals surface area contributed by atoms with Gasteiger partial charge in [0, 0.05) is 40.0 Å². The van der Waals surface area contributed by atoms with Crippen LogP contribution in [-0.4, -0.2) is 94.6 Å². The number of halogens is 1. The molecular formula is C80H113FO16. The van der Waals surface area contributed by atoms with E-state index in [1.807, 2.05) is 0 Å². The highest BCUT2D eigenvalue weighted by molar-refractivity contribution is 5.89. The first-order valence-electron chi connectivity index (χ1n) is 35.2. The molecule has 0 atom stereocenters. The zero-order valence-corrected chi connectivity index (χ0v) is 59.6. The number of carbonyl (C=O) groups is 7. The first kappa shape index (κ1) is 81.9. The van der Waals surface area contributed by atoms with Crippen LogP contribution >= 0.6 is 0 Å². The van der Waals surface area contributed by atoms with Gasteiger partial charge in [0.25, 0.3) is 0 Å². The smallest absolute Gasteiger partial charge is 0.338 e. The molecule has 536 valence electrons. The van der Waals surface area contributed by atoms with Crippen LogP contribution in [0.15, 0.2) is 122 Å². The van der Waals surface area contributed by atoms with Crippen LogP contribution in [0.3, 0.4) is 0 Å². The summed E-state index contributed by atoms with van der Waals surface area (Å²) in [7, 11) is 0. The zero-order valence-electron chi connectivity index (χ0n) is 59.6. The van der Waals surface area contributed by atoms with Crippen molar-refractivity contribution in [1.29, 1.82) is 0 Å². The highest BCUT2D eigenvalue weighted by Crippen LogP contribution is 2.51. The molecule has 0 bridgehead atoms. The summed E-state index contributed by atoms with van der Waals surface area (Å²) in [4.78, 5) is 81.2. The molecule has 0 amide bonds. The van der Waals surface area contributed by atoms with Crippen LogP contribution in [0.1, 0.15) is 203 Å². The third-order valence-electron chi connectivity index (χ3n) is 19.8. The van der Waals surface area contributed by atoms with Gasteiger partial charge in [-0.05, 0) is 219 Å². The lowest BCUT2D eigenvalue weighted by molar-refractivity contribution is -0.142. The highest BCUT2D eigenvalue weighted by Gasteiger charge is 2.40. The van der Waals surface area contributed by atoms with Gasteiger partial charge < -0.3 is 42.6 Å². The molecule has 16 nitrogen and oxygen atoms in total. The van der Waals surface area contributed by atoms with E-state index >= 15 is 0 Å². The van der Waals surface area contributed by atoms with Gasteiger partial charge in [-0.15, -0.1) is 0 Å². The maximum Gasteiger partial charge on any atom is 0.338 e. The van der Waals surface area contributed by atoms with E-state index in [2.05, 4.69) is 59.9 Å². The zero-order chi connectivity index (χ0) is 71.5. The molecule has 4 fully saturated rings. The molecule has 17 heteroatoms. The van der Waals surface area contributed by atoms with Crippen LogP contribution < -0.4 is 14.2 Å². The Labute approximate surface area is 578 Å². The number of carbonyl (C=O) groups excluding carboxylic acids is 7. The van der Waals surface area contributed by atoms with E-state index in [-0.39, 0.29) is 89.4 Å². The lowest BCUT2D eigenvalue weighted by Crippen LogP contribution is -2.34.